The van der Waals surface area contributed by atoms with Crippen LogP contribution in [0.5, 0.6) is 0 Å². The number of amidine groups is 1. The van der Waals surface area contributed by atoms with Crippen molar-refractivity contribution in [3.8, 4) is 0 Å². The van der Waals surface area contributed by atoms with Gasteiger partial charge in [0, 0.05) is 11.8 Å². The number of rotatable bonds is 6. The fraction of sp³-hybridized carbons (Fsp3) is 0.348. The highest BCUT2D eigenvalue weighted by molar-refractivity contribution is 5.82. The van der Waals surface area contributed by atoms with Gasteiger partial charge in [-0.05, 0) is 50.1 Å². The number of halogens is 1. The highest BCUT2D eigenvalue weighted by Gasteiger charge is 2.35. The zero-order valence-electron chi connectivity index (χ0n) is 18.0. The van der Waals surface area contributed by atoms with Crippen molar-refractivity contribution in [1.82, 2.24) is 15.0 Å². The lowest BCUT2D eigenvalue weighted by Crippen LogP contribution is -2.51. The molecule has 2 N–H and O–H groups in total. The van der Waals surface area contributed by atoms with Crippen molar-refractivity contribution < 1.29 is 9.23 Å². The van der Waals surface area contributed by atoms with Gasteiger partial charge in [-0.3, -0.25) is 5.01 Å². The Morgan fingerprint density at radius 3 is 2.78 bits per heavy atom. The average Bonchev–Trinajstić information content (AvgIpc) is 3.07. The molecule has 2 atom stereocenters. The van der Waals surface area contributed by atoms with Gasteiger partial charge in [0.1, 0.15) is 36.3 Å². The van der Waals surface area contributed by atoms with Crippen molar-refractivity contribution in [3.05, 3.63) is 83.1 Å². The minimum absolute atomic E-state index is 0.185. The summed E-state index contributed by atoms with van der Waals surface area (Å²) in [7, 11) is 0. The van der Waals surface area contributed by atoms with E-state index in [4.69, 9.17) is 15.7 Å². The second kappa shape index (κ2) is 9.35. The number of hydrogen-bond acceptors (Lipinski definition) is 7. The Labute approximate surface area is 186 Å². The van der Waals surface area contributed by atoms with Crippen LogP contribution in [0, 0.1) is 10.7 Å². The van der Waals surface area contributed by atoms with Gasteiger partial charge in [-0.15, -0.1) is 0 Å². The molecule has 32 heavy (non-hydrogen) atoms. The minimum atomic E-state index is -0.350. The molecule has 0 amide bonds. The summed E-state index contributed by atoms with van der Waals surface area (Å²) in [5.74, 6) is 6.65. The normalized spacial score (nSPS) is 23.3. The monoisotopic (exact) mass is 438 g/mol. The quantitative estimate of drug-likeness (QED) is 0.179. The van der Waals surface area contributed by atoms with Gasteiger partial charge >= 0.3 is 0 Å². The van der Waals surface area contributed by atoms with E-state index in [1.165, 1.54) is 12.1 Å². The molecule has 168 valence electrons. The fourth-order valence-corrected chi connectivity index (χ4v) is 4.36. The number of nitrogens with zero attached hydrogens (tertiary/aromatic N) is 5. The lowest BCUT2D eigenvalue weighted by Gasteiger charge is -2.34. The number of hydrogen-bond donors (Lipinski definition) is 1. The lowest BCUT2D eigenvalue weighted by molar-refractivity contribution is -0.0690. The van der Waals surface area contributed by atoms with E-state index in [-0.39, 0.29) is 17.9 Å². The van der Waals surface area contributed by atoms with Crippen LogP contribution in [0.2, 0.25) is 0 Å². The fourth-order valence-electron chi connectivity index (χ4n) is 4.36. The van der Waals surface area contributed by atoms with Crippen LogP contribution in [-0.4, -0.2) is 39.6 Å². The molecule has 1 saturated carbocycles. The maximum Gasteiger partial charge on any atom is 0.135 e. The van der Waals surface area contributed by atoms with Gasteiger partial charge in [-0.2, -0.15) is 9.97 Å². The predicted molar refractivity (Wildman–Crippen MR) is 121 cm³/mol. The van der Waals surface area contributed by atoms with Crippen LogP contribution in [0.4, 0.5) is 4.39 Å². The van der Waals surface area contributed by atoms with Crippen LogP contribution < -0.4 is 5.84 Å². The van der Waals surface area contributed by atoms with Gasteiger partial charge in [-0.25, -0.2) is 15.2 Å². The Kier molecular flexibility index (Phi) is 6.36. The zero-order chi connectivity index (χ0) is 22.7. The van der Waals surface area contributed by atoms with E-state index >= 15 is 0 Å². The maximum atomic E-state index is 13.5. The van der Waals surface area contributed by atoms with Gasteiger partial charge in [0.2, 0.25) is 0 Å². The number of fused-ring (bicyclic) bond motifs is 2. The molecule has 0 spiro atoms. The van der Waals surface area contributed by atoms with E-state index in [0.717, 1.165) is 42.6 Å². The standard InChI is InChI=1S/C23H27FN6O2/c1-3-6-20(26-16(2)30(25)21-8-5-4-7-19(21)27-31)23-22(17-9-11-18(24)12-10-17)29-15-28(23)13-14-32-29/h3,6,9-14,19,21H,1,4-5,7-8,15,25H2,2H3/b20-6-,26-16+/t19-,21?/m0/s1. The Hall–Kier alpha value is -3.46. The van der Waals surface area contributed by atoms with E-state index in [1.54, 1.807) is 40.6 Å². The van der Waals surface area contributed by atoms with Gasteiger partial charge < -0.3 is 9.74 Å². The summed E-state index contributed by atoms with van der Waals surface area (Å²) in [5.41, 5.74) is 2.95. The molecule has 1 unspecified atom stereocenters. The van der Waals surface area contributed by atoms with E-state index in [9.17, 15) is 9.30 Å². The van der Waals surface area contributed by atoms with Crippen LogP contribution in [0.15, 0.2) is 77.0 Å². The maximum absolute atomic E-state index is 13.5. The third-order valence-electron chi connectivity index (χ3n) is 5.95. The number of hydroxylamine groups is 2. The predicted octanol–water partition coefficient (Wildman–Crippen LogP) is 4.23. The Balaban J connectivity index is 1.73. The van der Waals surface area contributed by atoms with Crippen LogP contribution in [0.1, 0.15) is 38.2 Å². The van der Waals surface area contributed by atoms with Crippen LogP contribution >= 0.6 is 0 Å². The van der Waals surface area contributed by atoms with Crippen molar-refractivity contribution >= 4 is 11.5 Å². The van der Waals surface area contributed by atoms with Crippen molar-refractivity contribution in [3.63, 3.8) is 0 Å². The molecule has 8 nitrogen and oxygen atoms in total. The van der Waals surface area contributed by atoms with E-state index < -0.39 is 0 Å². The molecule has 2 heterocycles. The van der Waals surface area contributed by atoms with E-state index in [2.05, 4.69) is 11.8 Å². The number of aliphatic imine (C=N–C) groups is 1. The summed E-state index contributed by atoms with van der Waals surface area (Å²) in [5, 5.41) is 6.57. The molecule has 1 aliphatic carbocycles. The number of hydrazine groups is 1. The first kappa shape index (κ1) is 21.8. The summed E-state index contributed by atoms with van der Waals surface area (Å²) >= 11 is 0. The highest BCUT2D eigenvalue weighted by Crippen LogP contribution is 2.39. The topological polar surface area (TPSA) is 86.8 Å². The summed E-state index contributed by atoms with van der Waals surface area (Å²) in [6.45, 7) is 6.11. The highest BCUT2D eigenvalue weighted by atomic mass is 19.1. The number of nitrogens with two attached hydrogens (primary N) is 1. The molecule has 1 fully saturated rings. The smallest absolute Gasteiger partial charge is 0.135 e. The van der Waals surface area contributed by atoms with E-state index in [1.807, 2.05) is 18.0 Å². The first-order chi connectivity index (χ1) is 15.5. The molecule has 2 bridgehead atoms. The van der Waals surface area contributed by atoms with Crippen molar-refractivity contribution in [1.29, 1.82) is 0 Å². The summed E-state index contributed by atoms with van der Waals surface area (Å²) in [6, 6.07) is 5.70. The van der Waals surface area contributed by atoms with Crippen molar-refractivity contribution in [2.75, 3.05) is 6.67 Å². The van der Waals surface area contributed by atoms with Crippen molar-refractivity contribution in [2.45, 2.75) is 44.7 Å². The van der Waals surface area contributed by atoms with E-state index in [0.29, 0.717) is 18.2 Å². The van der Waals surface area contributed by atoms with Gasteiger partial charge in [0.15, 0.2) is 0 Å². The molecule has 1 aromatic carbocycles. The minimum Gasteiger partial charge on any atom is -0.384 e. The SMILES string of the molecule is C=C/C=C(\N=C(/C)N(N)C1CCCC[C@@H]1N=O)C1=C(c2ccc(F)cc2)N2CN1C=CO2. The molecule has 9 heteroatoms. The third-order valence-corrected chi connectivity index (χ3v) is 5.95. The summed E-state index contributed by atoms with van der Waals surface area (Å²) in [6.07, 6.45) is 10.3. The molecular formula is C23H27FN6O2. The molecule has 0 saturated heterocycles. The summed E-state index contributed by atoms with van der Waals surface area (Å²) in [4.78, 5) is 23.8. The number of allylic oxidation sites excluding steroid dienone is 2. The molecule has 0 aromatic heterocycles. The van der Waals surface area contributed by atoms with Crippen LogP contribution in [-0.2, 0) is 4.84 Å². The first-order valence-electron chi connectivity index (χ1n) is 10.7. The average molecular weight is 439 g/mol. The third kappa shape index (κ3) is 4.16. The number of nitroso groups, excluding NO2 is 1. The number of benzene rings is 1. The van der Waals surface area contributed by atoms with Crippen LogP contribution in [0.25, 0.3) is 5.70 Å². The van der Waals surface area contributed by atoms with Crippen LogP contribution in [0.3, 0.4) is 0 Å². The van der Waals surface area contributed by atoms with Gasteiger partial charge in [0.25, 0.3) is 0 Å². The molecule has 1 aromatic rings. The molecule has 2 aliphatic heterocycles. The second-order valence-corrected chi connectivity index (χ2v) is 7.96. The molecule has 3 aliphatic rings. The molecular weight excluding hydrogens is 411 g/mol. The largest absolute Gasteiger partial charge is 0.384 e. The first-order valence-corrected chi connectivity index (χ1v) is 10.7. The zero-order valence-corrected chi connectivity index (χ0v) is 18.0. The Morgan fingerprint density at radius 1 is 1.31 bits per heavy atom. The Morgan fingerprint density at radius 2 is 2.06 bits per heavy atom. The second-order valence-electron chi connectivity index (χ2n) is 7.96. The van der Waals surface area contributed by atoms with Gasteiger partial charge in [-0.1, -0.05) is 30.7 Å². The van der Waals surface area contributed by atoms with Crippen molar-refractivity contribution in [2.24, 2.45) is 16.0 Å². The summed E-state index contributed by atoms with van der Waals surface area (Å²) < 4.78 is 13.5. The Bertz CT molecular complexity index is 1000. The molecule has 0 radical (unpaired) electrons. The molecule has 4 rings (SSSR count). The lowest BCUT2D eigenvalue weighted by atomic mass is 9.90. The van der Waals surface area contributed by atoms with Gasteiger partial charge in [0.05, 0.1) is 17.4 Å².